The third-order valence-electron chi connectivity index (χ3n) is 2.95. The molecule has 0 atom stereocenters. The molecule has 2 aromatic rings. The largest absolute Gasteiger partial charge is 0.370 e. The number of aryl methyl sites for hydroxylation is 3. The molecule has 106 valence electrons. The van der Waals surface area contributed by atoms with Crippen molar-refractivity contribution >= 4 is 38.9 Å². The molecule has 0 aliphatic carbocycles. The Morgan fingerprint density at radius 3 is 2.70 bits per heavy atom. The zero-order chi connectivity index (χ0) is 14.7. The van der Waals surface area contributed by atoms with Gasteiger partial charge in [0, 0.05) is 5.69 Å². The van der Waals surface area contributed by atoms with Crippen LogP contribution in [0.1, 0.15) is 21.8 Å². The second kappa shape index (κ2) is 6.37. The minimum absolute atomic E-state index is 0.400. The molecule has 0 aliphatic rings. The van der Waals surface area contributed by atoms with Crippen molar-refractivity contribution in [3.05, 3.63) is 43.8 Å². The van der Waals surface area contributed by atoms with E-state index in [1.807, 2.05) is 13.0 Å². The van der Waals surface area contributed by atoms with Crippen LogP contribution < -0.4 is 11.1 Å². The standard InChI is InChI=1S/C14H17BrN4S/c1-8-4-5-11(6-9(8)2)19-14(16)17-7-12-18-10(3)13(15)20-12/h4-6H,7H2,1-3H3,(H3,16,17,19). The SMILES string of the molecule is Cc1ccc(NC(N)=NCc2nc(C)c(Br)s2)cc1C. The fourth-order valence-corrected chi connectivity index (χ4v) is 3.02. The fourth-order valence-electron chi connectivity index (χ4n) is 1.66. The van der Waals surface area contributed by atoms with Crippen molar-refractivity contribution in [3.8, 4) is 0 Å². The lowest BCUT2D eigenvalue weighted by Crippen LogP contribution is -2.22. The number of rotatable bonds is 3. The quantitative estimate of drug-likeness (QED) is 0.652. The number of hydrogen-bond donors (Lipinski definition) is 2. The first-order valence-electron chi connectivity index (χ1n) is 6.21. The van der Waals surface area contributed by atoms with Gasteiger partial charge < -0.3 is 11.1 Å². The molecule has 0 aliphatic heterocycles. The Balaban J connectivity index is 2.01. The maximum Gasteiger partial charge on any atom is 0.193 e. The highest BCUT2D eigenvalue weighted by Gasteiger charge is 2.04. The van der Waals surface area contributed by atoms with Gasteiger partial charge in [0.2, 0.25) is 0 Å². The summed E-state index contributed by atoms with van der Waals surface area (Å²) in [5.41, 5.74) is 10.3. The van der Waals surface area contributed by atoms with Crippen molar-refractivity contribution in [1.29, 1.82) is 0 Å². The lowest BCUT2D eigenvalue weighted by molar-refractivity contribution is 1.01. The number of nitrogens with zero attached hydrogens (tertiary/aromatic N) is 2. The van der Waals surface area contributed by atoms with Gasteiger partial charge in [-0.15, -0.1) is 11.3 Å². The number of benzene rings is 1. The lowest BCUT2D eigenvalue weighted by atomic mass is 10.1. The number of nitrogens with one attached hydrogen (secondary N) is 1. The van der Waals surface area contributed by atoms with Crippen LogP contribution in [0.3, 0.4) is 0 Å². The summed E-state index contributed by atoms with van der Waals surface area (Å²) in [6.45, 7) is 6.61. The summed E-state index contributed by atoms with van der Waals surface area (Å²) in [6.07, 6.45) is 0. The molecule has 0 amide bonds. The van der Waals surface area contributed by atoms with Crippen LogP contribution in [0.2, 0.25) is 0 Å². The first-order chi connectivity index (χ1) is 9.45. The molecule has 6 heteroatoms. The van der Waals surface area contributed by atoms with Crippen LogP contribution >= 0.6 is 27.3 Å². The van der Waals surface area contributed by atoms with Crippen LogP contribution in [0.25, 0.3) is 0 Å². The normalized spacial score (nSPS) is 11.7. The van der Waals surface area contributed by atoms with E-state index >= 15 is 0 Å². The van der Waals surface area contributed by atoms with Crippen molar-refractivity contribution in [2.75, 3.05) is 5.32 Å². The maximum absolute atomic E-state index is 5.89. The van der Waals surface area contributed by atoms with Gasteiger partial charge in [0.25, 0.3) is 0 Å². The van der Waals surface area contributed by atoms with E-state index in [9.17, 15) is 0 Å². The summed E-state index contributed by atoms with van der Waals surface area (Å²) in [4.78, 5) is 8.70. The second-order valence-electron chi connectivity index (χ2n) is 4.59. The van der Waals surface area contributed by atoms with Crippen molar-refractivity contribution < 1.29 is 0 Å². The molecule has 20 heavy (non-hydrogen) atoms. The third kappa shape index (κ3) is 3.80. The van der Waals surface area contributed by atoms with Crippen molar-refractivity contribution in [1.82, 2.24) is 4.98 Å². The fraction of sp³-hybridized carbons (Fsp3) is 0.286. The molecule has 1 aromatic heterocycles. The van der Waals surface area contributed by atoms with Crippen molar-refractivity contribution in [2.24, 2.45) is 10.7 Å². The first-order valence-corrected chi connectivity index (χ1v) is 7.82. The summed E-state index contributed by atoms with van der Waals surface area (Å²) >= 11 is 5.03. The molecule has 0 fully saturated rings. The summed E-state index contributed by atoms with van der Waals surface area (Å²) in [5.74, 6) is 0.400. The topological polar surface area (TPSA) is 63.3 Å². The minimum Gasteiger partial charge on any atom is -0.370 e. The van der Waals surface area contributed by atoms with E-state index in [1.165, 1.54) is 11.1 Å². The summed E-state index contributed by atoms with van der Waals surface area (Å²) < 4.78 is 1.04. The number of halogens is 1. The zero-order valence-corrected chi connectivity index (χ0v) is 14.1. The van der Waals surface area contributed by atoms with Gasteiger partial charge in [-0.2, -0.15) is 0 Å². The van der Waals surface area contributed by atoms with Gasteiger partial charge >= 0.3 is 0 Å². The number of aromatic nitrogens is 1. The Labute approximate surface area is 131 Å². The highest BCUT2D eigenvalue weighted by molar-refractivity contribution is 9.11. The van der Waals surface area contributed by atoms with Crippen molar-refractivity contribution in [2.45, 2.75) is 27.3 Å². The van der Waals surface area contributed by atoms with Crippen LogP contribution in [0.4, 0.5) is 5.69 Å². The van der Waals surface area contributed by atoms with E-state index in [1.54, 1.807) is 11.3 Å². The molecule has 3 N–H and O–H groups in total. The van der Waals surface area contributed by atoms with Gasteiger partial charge in [-0.25, -0.2) is 9.98 Å². The molecule has 0 unspecified atom stereocenters. The van der Waals surface area contributed by atoms with E-state index in [2.05, 4.69) is 57.2 Å². The summed E-state index contributed by atoms with van der Waals surface area (Å²) in [6, 6.07) is 6.11. The van der Waals surface area contributed by atoms with Gasteiger partial charge in [0.05, 0.1) is 16.0 Å². The number of anilines is 1. The minimum atomic E-state index is 0.400. The molecule has 2 rings (SSSR count). The predicted molar refractivity (Wildman–Crippen MR) is 89.4 cm³/mol. The number of thiazole rings is 1. The Bertz CT molecular complexity index is 629. The molecule has 1 heterocycles. The molecule has 0 spiro atoms. The van der Waals surface area contributed by atoms with Crippen LogP contribution in [0, 0.1) is 20.8 Å². The second-order valence-corrected chi connectivity index (χ2v) is 6.99. The molecule has 0 saturated heterocycles. The van der Waals surface area contributed by atoms with E-state index in [-0.39, 0.29) is 0 Å². The highest BCUT2D eigenvalue weighted by atomic mass is 79.9. The average Bonchev–Trinajstić information content (AvgIpc) is 2.71. The number of hydrogen-bond acceptors (Lipinski definition) is 3. The smallest absolute Gasteiger partial charge is 0.193 e. The van der Waals surface area contributed by atoms with Gasteiger partial charge in [-0.1, -0.05) is 6.07 Å². The Morgan fingerprint density at radius 2 is 2.10 bits per heavy atom. The van der Waals surface area contributed by atoms with Gasteiger partial charge in [0.15, 0.2) is 5.96 Å². The number of nitrogens with two attached hydrogens (primary N) is 1. The van der Waals surface area contributed by atoms with Crippen LogP contribution in [-0.2, 0) is 6.54 Å². The molecular formula is C14H17BrN4S. The summed E-state index contributed by atoms with van der Waals surface area (Å²) in [5, 5.41) is 4.04. The molecule has 0 radical (unpaired) electrons. The van der Waals surface area contributed by atoms with Gasteiger partial charge in [-0.3, -0.25) is 0 Å². The zero-order valence-electron chi connectivity index (χ0n) is 11.7. The first kappa shape index (κ1) is 15.0. The number of guanidine groups is 1. The van der Waals surface area contributed by atoms with Gasteiger partial charge in [-0.05, 0) is 60.0 Å². The molecular weight excluding hydrogens is 336 g/mol. The lowest BCUT2D eigenvalue weighted by Gasteiger charge is -2.07. The predicted octanol–water partition coefficient (Wildman–Crippen LogP) is 3.76. The Morgan fingerprint density at radius 1 is 1.35 bits per heavy atom. The average molecular weight is 353 g/mol. The molecule has 0 saturated carbocycles. The van der Waals surface area contributed by atoms with E-state index in [0.29, 0.717) is 12.5 Å². The molecule has 0 bridgehead atoms. The van der Waals surface area contributed by atoms with Crippen LogP contribution in [0.15, 0.2) is 27.0 Å². The summed E-state index contributed by atoms with van der Waals surface area (Å²) in [7, 11) is 0. The van der Waals surface area contributed by atoms with E-state index in [4.69, 9.17) is 5.73 Å². The van der Waals surface area contributed by atoms with Crippen LogP contribution in [-0.4, -0.2) is 10.9 Å². The van der Waals surface area contributed by atoms with E-state index in [0.717, 1.165) is 20.2 Å². The number of aliphatic imine (C=N–C) groups is 1. The Kier molecular flexibility index (Phi) is 4.77. The highest BCUT2D eigenvalue weighted by Crippen LogP contribution is 2.24. The van der Waals surface area contributed by atoms with Crippen LogP contribution in [0.5, 0.6) is 0 Å². The maximum atomic E-state index is 5.89. The third-order valence-corrected chi connectivity index (χ3v) is 4.94. The molecule has 1 aromatic carbocycles. The monoisotopic (exact) mass is 352 g/mol. The van der Waals surface area contributed by atoms with Crippen molar-refractivity contribution in [3.63, 3.8) is 0 Å². The van der Waals surface area contributed by atoms with E-state index < -0.39 is 0 Å². The molecule has 4 nitrogen and oxygen atoms in total. The Hall–Kier alpha value is -1.40. The van der Waals surface area contributed by atoms with Gasteiger partial charge in [0.1, 0.15) is 5.01 Å².